The molecule has 1 fully saturated rings. The molecule has 0 heterocycles. The average Bonchev–Trinajstić information content (AvgIpc) is 3.06. The fourth-order valence-electron chi connectivity index (χ4n) is 3.27. The van der Waals surface area contributed by atoms with E-state index in [1.165, 1.54) is 0 Å². The molecule has 1 aromatic rings. The lowest BCUT2D eigenvalue weighted by Gasteiger charge is -2.29. The second-order valence-corrected chi connectivity index (χ2v) is 5.88. The Morgan fingerprint density at radius 3 is 2.50 bits per heavy atom. The van der Waals surface area contributed by atoms with E-state index in [9.17, 15) is 9.59 Å². The number of carbonyl (C=O) groups excluding carboxylic acids is 2. The van der Waals surface area contributed by atoms with Crippen LogP contribution in [0.3, 0.4) is 0 Å². The van der Waals surface area contributed by atoms with Crippen LogP contribution in [0.5, 0.6) is 0 Å². The zero-order valence-electron chi connectivity index (χ0n) is 11.4. The monoisotopic (exact) mass is 270 g/mol. The van der Waals surface area contributed by atoms with Gasteiger partial charge in [-0.15, -0.1) is 0 Å². The summed E-state index contributed by atoms with van der Waals surface area (Å²) in [7, 11) is 0. The van der Waals surface area contributed by atoms with E-state index < -0.39 is 5.41 Å². The second-order valence-electron chi connectivity index (χ2n) is 5.88. The molecule has 4 heteroatoms. The van der Waals surface area contributed by atoms with E-state index in [4.69, 9.17) is 0 Å². The van der Waals surface area contributed by atoms with E-state index in [1.54, 1.807) is 24.3 Å². The van der Waals surface area contributed by atoms with Crippen LogP contribution < -0.4 is 10.9 Å². The van der Waals surface area contributed by atoms with Gasteiger partial charge in [0.25, 0.3) is 5.91 Å². The van der Waals surface area contributed by atoms with Crippen LogP contribution in [-0.2, 0) is 4.79 Å². The summed E-state index contributed by atoms with van der Waals surface area (Å²) in [5, 5.41) is 0. The van der Waals surface area contributed by atoms with Gasteiger partial charge < -0.3 is 0 Å². The molecule has 0 radical (unpaired) electrons. The molecule has 4 nitrogen and oxygen atoms in total. The third-order valence-electron chi connectivity index (χ3n) is 4.52. The minimum atomic E-state index is -0.399. The van der Waals surface area contributed by atoms with Gasteiger partial charge in [-0.2, -0.15) is 0 Å². The summed E-state index contributed by atoms with van der Waals surface area (Å²) in [6, 6.07) is 8.85. The normalized spacial score (nSPS) is 30.2. The number of amides is 2. The molecule has 2 amide bonds. The largest absolute Gasteiger partial charge is 0.273 e. The van der Waals surface area contributed by atoms with Gasteiger partial charge in [-0.3, -0.25) is 20.4 Å². The number of fused-ring (bicyclic) bond motifs is 2. The molecule has 0 aliphatic heterocycles. The van der Waals surface area contributed by atoms with Crippen LogP contribution >= 0.6 is 0 Å². The van der Waals surface area contributed by atoms with Crippen molar-refractivity contribution in [3.05, 3.63) is 48.0 Å². The maximum Gasteiger partial charge on any atom is 0.269 e. The number of carbonyl (C=O) groups is 2. The molecule has 104 valence electrons. The highest BCUT2D eigenvalue weighted by Gasteiger charge is 2.49. The molecule has 1 aromatic carbocycles. The molecule has 0 unspecified atom stereocenters. The van der Waals surface area contributed by atoms with Gasteiger partial charge in [-0.1, -0.05) is 37.3 Å². The van der Waals surface area contributed by atoms with Crippen LogP contribution in [0, 0.1) is 17.3 Å². The Labute approximate surface area is 118 Å². The summed E-state index contributed by atoms with van der Waals surface area (Å²) in [4.78, 5) is 24.2. The molecule has 2 bridgehead atoms. The Bertz CT molecular complexity index is 567. The topological polar surface area (TPSA) is 58.2 Å². The predicted molar refractivity (Wildman–Crippen MR) is 75.5 cm³/mol. The fraction of sp³-hybridized carbons (Fsp3) is 0.375. The number of rotatable bonds is 2. The summed E-state index contributed by atoms with van der Waals surface area (Å²) in [5.41, 5.74) is 5.21. The summed E-state index contributed by atoms with van der Waals surface area (Å²) in [6.45, 7) is 1.98. The van der Waals surface area contributed by atoms with Crippen LogP contribution in [0.15, 0.2) is 42.5 Å². The first-order valence-corrected chi connectivity index (χ1v) is 6.94. The third kappa shape index (κ3) is 2.11. The van der Waals surface area contributed by atoms with Crippen molar-refractivity contribution in [2.75, 3.05) is 0 Å². The Morgan fingerprint density at radius 1 is 1.15 bits per heavy atom. The Morgan fingerprint density at radius 2 is 1.90 bits per heavy atom. The van der Waals surface area contributed by atoms with Crippen molar-refractivity contribution in [1.82, 2.24) is 10.9 Å². The number of hydrazine groups is 1. The summed E-state index contributed by atoms with van der Waals surface area (Å²) < 4.78 is 0. The third-order valence-corrected chi connectivity index (χ3v) is 4.52. The lowest BCUT2D eigenvalue weighted by Crippen LogP contribution is -2.49. The Hall–Kier alpha value is -2.10. The average molecular weight is 270 g/mol. The molecule has 2 aliphatic carbocycles. The maximum absolute atomic E-state index is 12.3. The molecule has 2 aliphatic rings. The van der Waals surface area contributed by atoms with Gasteiger partial charge in [0.05, 0.1) is 5.41 Å². The minimum absolute atomic E-state index is 0.0985. The van der Waals surface area contributed by atoms with Crippen molar-refractivity contribution in [3.63, 3.8) is 0 Å². The highest BCUT2D eigenvalue weighted by molar-refractivity contribution is 5.96. The molecule has 2 N–H and O–H groups in total. The lowest BCUT2D eigenvalue weighted by molar-refractivity contribution is -0.132. The first-order valence-electron chi connectivity index (χ1n) is 6.94. The molecule has 1 saturated carbocycles. The van der Waals surface area contributed by atoms with Crippen molar-refractivity contribution < 1.29 is 9.59 Å². The minimum Gasteiger partial charge on any atom is -0.273 e. The maximum atomic E-state index is 12.3. The molecule has 3 rings (SSSR count). The van der Waals surface area contributed by atoms with Crippen molar-refractivity contribution >= 4 is 11.8 Å². The first-order chi connectivity index (χ1) is 9.59. The van der Waals surface area contributed by atoms with Crippen molar-refractivity contribution in [2.24, 2.45) is 17.3 Å². The molecule has 0 aromatic heterocycles. The van der Waals surface area contributed by atoms with Gasteiger partial charge >= 0.3 is 0 Å². The predicted octanol–water partition coefficient (Wildman–Crippen LogP) is 2.05. The van der Waals surface area contributed by atoms with Crippen LogP contribution in [-0.4, -0.2) is 11.8 Å². The Balaban J connectivity index is 1.60. The lowest BCUT2D eigenvalue weighted by atomic mass is 9.77. The van der Waals surface area contributed by atoms with Gasteiger partial charge in [0.2, 0.25) is 5.91 Å². The molecular weight excluding hydrogens is 252 g/mol. The number of hydrogen-bond acceptors (Lipinski definition) is 2. The van der Waals surface area contributed by atoms with Crippen LogP contribution in [0.1, 0.15) is 30.1 Å². The van der Waals surface area contributed by atoms with E-state index in [0.717, 1.165) is 12.8 Å². The van der Waals surface area contributed by atoms with E-state index in [1.807, 2.05) is 13.0 Å². The fourth-order valence-corrected chi connectivity index (χ4v) is 3.27. The zero-order valence-corrected chi connectivity index (χ0v) is 11.4. The molecule has 3 atom stereocenters. The SMILES string of the molecule is C[C@]1(C(=O)NNC(=O)c2ccccc2)C[C@H]2C=C[C@H]1C2. The van der Waals surface area contributed by atoms with Gasteiger partial charge in [-0.25, -0.2) is 0 Å². The molecular formula is C16H18N2O2. The van der Waals surface area contributed by atoms with Crippen LogP contribution in [0.2, 0.25) is 0 Å². The molecule has 20 heavy (non-hydrogen) atoms. The van der Waals surface area contributed by atoms with E-state index in [0.29, 0.717) is 17.4 Å². The second kappa shape index (κ2) is 4.78. The van der Waals surface area contributed by atoms with E-state index in [2.05, 4.69) is 23.0 Å². The number of hydrogen-bond donors (Lipinski definition) is 2. The highest BCUT2D eigenvalue weighted by Crippen LogP contribution is 2.51. The smallest absolute Gasteiger partial charge is 0.269 e. The quantitative estimate of drug-likeness (QED) is 0.638. The van der Waals surface area contributed by atoms with Gasteiger partial charge in [0, 0.05) is 5.56 Å². The summed E-state index contributed by atoms with van der Waals surface area (Å²) in [5.74, 6) is 0.418. The summed E-state index contributed by atoms with van der Waals surface area (Å²) in [6.07, 6.45) is 6.24. The zero-order chi connectivity index (χ0) is 14.2. The molecule has 0 spiro atoms. The van der Waals surface area contributed by atoms with Gasteiger partial charge in [-0.05, 0) is 36.8 Å². The van der Waals surface area contributed by atoms with Gasteiger partial charge in [0.15, 0.2) is 0 Å². The standard InChI is InChI=1S/C16H18N2O2/c1-16(10-11-7-8-13(16)9-11)15(20)18-17-14(19)12-5-3-2-4-6-12/h2-8,11,13H,9-10H2,1H3,(H,17,19)(H,18,20)/t11-,13-,16-/m0/s1. The Kier molecular flexibility index (Phi) is 3.08. The van der Waals surface area contributed by atoms with Crippen molar-refractivity contribution in [1.29, 1.82) is 0 Å². The highest BCUT2D eigenvalue weighted by atomic mass is 16.2. The van der Waals surface area contributed by atoms with E-state index in [-0.39, 0.29) is 11.8 Å². The number of allylic oxidation sites excluding steroid dienone is 2. The van der Waals surface area contributed by atoms with Gasteiger partial charge in [0.1, 0.15) is 0 Å². The molecule has 0 saturated heterocycles. The summed E-state index contributed by atoms with van der Waals surface area (Å²) >= 11 is 0. The number of nitrogens with one attached hydrogen (secondary N) is 2. The van der Waals surface area contributed by atoms with Crippen molar-refractivity contribution in [2.45, 2.75) is 19.8 Å². The van der Waals surface area contributed by atoms with Crippen molar-refractivity contribution in [3.8, 4) is 0 Å². The van der Waals surface area contributed by atoms with Crippen LogP contribution in [0.4, 0.5) is 0 Å². The van der Waals surface area contributed by atoms with Crippen LogP contribution in [0.25, 0.3) is 0 Å². The number of benzene rings is 1. The van der Waals surface area contributed by atoms with E-state index >= 15 is 0 Å². The first kappa shape index (κ1) is 12.9.